The Morgan fingerprint density at radius 2 is 0.677 bits per heavy atom. The summed E-state index contributed by atoms with van der Waals surface area (Å²) < 4.78 is 0. The fourth-order valence-corrected chi connectivity index (χ4v) is 4.08. The number of rotatable bonds is 25. The second kappa shape index (κ2) is 34.3. The minimum absolute atomic E-state index is 0.372. The van der Waals surface area contributed by atoms with E-state index in [9.17, 15) is 0 Å². The van der Waals surface area contributed by atoms with E-state index in [0.717, 1.165) is 6.42 Å². The average Bonchev–Trinajstić information content (AvgIpc) is 2.79. The smallest absolute Gasteiger partial charge is 0.0431 e. The first-order valence-electron chi connectivity index (χ1n) is 14.5. The van der Waals surface area contributed by atoms with Gasteiger partial charge in [-0.05, 0) is 19.3 Å². The summed E-state index contributed by atoms with van der Waals surface area (Å²) in [6.45, 7) is 8.68. The maximum Gasteiger partial charge on any atom is 0.0431 e. The van der Waals surface area contributed by atoms with Gasteiger partial charge in [0.1, 0.15) is 0 Å². The molecule has 0 saturated heterocycles. The third kappa shape index (κ3) is 37.4. The molecule has 0 atom stereocenters. The minimum Gasteiger partial charge on any atom is -0.396 e. The van der Waals surface area contributed by atoms with Crippen LogP contribution in [0.3, 0.4) is 0 Å². The molecule has 0 saturated carbocycles. The SMILES string of the molecule is C=CCCCCCCCCCCCCCCCC.CCCCCCCCCCCCO. The highest BCUT2D eigenvalue weighted by Gasteiger charge is 1.94. The molecule has 0 rings (SSSR count). The normalized spacial score (nSPS) is 10.7. The van der Waals surface area contributed by atoms with Gasteiger partial charge >= 0.3 is 0 Å². The van der Waals surface area contributed by atoms with E-state index < -0.39 is 0 Å². The zero-order valence-electron chi connectivity index (χ0n) is 22.1. The van der Waals surface area contributed by atoms with Crippen molar-refractivity contribution in [1.29, 1.82) is 0 Å². The predicted molar refractivity (Wildman–Crippen MR) is 144 cm³/mol. The molecule has 0 aromatic rings. The van der Waals surface area contributed by atoms with Gasteiger partial charge in [-0.3, -0.25) is 0 Å². The molecule has 0 aromatic carbocycles. The van der Waals surface area contributed by atoms with Gasteiger partial charge in [-0.15, -0.1) is 6.58 Å². The molecule has 1 N–H and O–H groups in total. The number of unbranched alkanes of at least 4 members (excludes halogenated alkanes) is 23. The van der Waals surface area contributed by atoms with Crippen LogP contribution in [-0.2, 0) is 0 Å². The third-order valence-corrected chi connectivity index (χ3v) is 6.27. The van der Waals surface area contributed by atoms with Crippen molar-refractivity contribution in [2.24, 2.45) is 0 Å². The van der Waals surface area contributed by atoms with Crippen LogP contribution in [0.5, 0.6) is 0 Å². The zero-order chi connectivity index (χ0) is 23.1. The topological polar surface area (TPSA) is 20.2 Å². The highest BCUT2D eigenvalue weighted by molar-refractivity contribution is 4.65. The third-order valence-electron chi connectivity index (χ3n) is 6.27. The number of aliphatic hydroxyl groups is 1. The van der Waals surface area contributed by atoms with E-state index in [0.29, 0.717) is 6.61 Å². The van der Waals surface area contributed by atoms with Gasteiger partial charge in [-0.1, -0.05) is 161 Å². The summed E-state index contributed by atoms with van der Waals surface area (Å²) in [7, 11) is 0. The van der Waals surface area contributed by atoms with Gasteiger partial charge in [0.05, 0.1) is 0 Å². The van der Waals surface area contributed by atoms with E-state index in [2.05, 4.69) is 20.4 Å². The van der Waals surface area contributed by atoms with Crippen molar-refractivity contribution < 1.29 is 5.11 Å². The summed E-state index contributed by atoms with van der Waals surface area (Å²) in [6.07, 6.45) is 36.8. The first-order valence-corrected chi connectivity index (χ1v) is 14.5. The van der Waals surface area contributed by atoms with Crippen LogP contribution < -0.4 is 0 Å². The van der Waals surface area contributed by atoms with Gasteiger partial charge < -0.3 is 5.11 Å². The molecule has 0 aliphatic carbocycles. The molecule has 1 heteroatoms. The lowest BCUT2D eigenvalue weighted by molar-refractivity contribution is 0.282. The Labute approximate surface area is 198 Å². The van der Waals surface area contributed by atoms with Crippen molar-refractivity contribution in [1.82, 2.24) is 0 Å². The molecular weight excluding hydrogens is 376 g/mol. The largest absolute Gasteiger partial charge is 0.396 e. The lowest BCUT2D eigenvalue weighted by Gasteiger charge is -2.02. The Balaban J connectivity index is 0. The summed E-state index contributed by atoms with van der Waals surface area (Å²) >= 11 is 0. The molecule has 188 valence electrons. The van der Waals surface area contributed by atoms with Crippen LogP contribution in [0.15, 0.2) is 12.7 Å². The Kier molecular flexibility index (Phi) is 36.4. The summed E-state index contributed by atoms with van der Waals surface area (Å²) in [5, 5.41) is 8.57. The van der Waals surface area contributed by atoms with Crippen molar-refractivity contribution in [3.05, 3.63) is 12.7 Å². The molecule has 0 heterocycles. The van der Waals surface area contributed by atoms with Gasteiger partial charge in [0.2, 0.25) is 0 Å². The van der Waals surface area contributed by atoms with Crippen LogP contribution in [0.25, 0.3) is 0 Å². The molecule has 0 amide bonds. The lowest BCUT2D eigenvalue weighted by Crippen LogP contribution is -1.84. The predicted octanol–water partition coefficient (Wildman–Crippen LogP) is 10.9. The molecule has 0 radical (unpaired) electrons. The number of hydrogen-bond acceptors (Lipinski definition) is 1. The monoisotopic (exact) mass is 438 g/mol. The van der Waals surface area contributed by atoms with Crippen molar-refractivity contribution >= 4 is 0 Å². The van der Waals surface area contributed by atoms with E-state index in [1.54, 1.807) is 0 Å². The maximum atomic E-state index is 8.57. The van der Waals surface area contributed by atoms with Gasteiger partial charge in [0, 0.05) is 6.61 Å². The van der Waals surface area contributed by atoms with E-state index in [1.807, 2.05) is 6.08 Å². The van der Waals surface area contributed by atoms with E-state index in [4.69, 9.17) is 5.11 Å². The standard InChI is InChI=1S/C18H36.C12H26O/c1-3-5-7-9-11-13-15-17-18-16-14-12-10-8-6-4-2;1-2-3-4-5-6-7-8-9-10-11-12-13/h3H,1,4-18H2,2H3;13H,2-12H2,1H3. The number of allylic oxidation sites excluding steroid dienone is 1. The molecule has 0 spiro atoms. The summed E-state index contributed by atoms with van der Waals surface area (Å²) in [5.41, 5.74) is 0. The number of hydrogen-bond donors (Lipinski definition) is 1. The molecular formula is C30H62O. The van der Waals surface area contributed by atoms with Crippen molar-refractivity contribution in [3.8, 4) is 0 Å². The molecule has 0 unspecified atom stereocenters. The maximum absolute atomic E-state index is 8.57. The first-order chi connectivity index (χ1) is 15.3. The van der Waals surface area contributed by atoms with Crippen LogP contribution in [0.2, 0.25) is 0 Å². The highest BCUT2D eigenvalue weighted by Crippen LogP contribution is 2.13. The Bertz CT molecular complexity index is 276. The fraction of sp³-hybridized carbons (Fsp3) is 0.933. The van der Waals surface area contributed by atoms with Crippen molar-refractivity contribution in [2.45, 2.75) is 174 Å². The van der Waals surface area contributed by atoms with Crippen molar-refractivity contribution in [3.63, 3.8) is 0 Å². The molecule has 0 aliphatic heterocycles. The fourth-order valence-electron chi connectivity index (χ4n) is 4.08. The molecule has 0 fully saturated rings. The summed E-state index contributed by atoms with van der Waals surface area (Å²) in [4.78, 5) is 0. The minimum atomic E-state index is 0.372. The molecule has 0 bridgehead atoms. The Morgan fingerprint density at radius 1 is 0.419 bits per heavy atom. The molecule has 1 nitrogen and oxygen atoms in total. The molecule has 0 aromatic heterocycles. The second-order valence-electron chi connectivity index (χ2n) is 9.58. The van der Waals surface area contributed by atoms with Crippen LogP contribution in [-0.4, -0.2) is 11.7 Å². The van der Waals surface area contributed by atoms with E-state index >= 15 is 0 Å². The second-order valence-corrected chi connectivity index (χ2v) is 9.58. The lowest BCUT2D eigenvalue weighted by atomic mass is 10.0. The van der Waals surface area contributed by atoms with Gasteiger partial charge in [-0.2, -0.15) is 0 Å². The Hall–Kier alpha value is -0.300. The molecule has 0 aliphatic rings. The van der Waals surface area contributed by atoms with E-state index in [-0.39, 0.29) is 0 Å². The van der Waals surface area contributed by atoms with Gasteiger partial charge in [-0.25, -0.2) is 0 Å². The van der Waals surface area contributed by atoms with E-state index in [1.165, 1.54) is 154 Å². The van der Waals surface area contributed by atoms with Gasteiger partial charge in [0.15, 0.2) is 0 Å². The quantitative estimate of drug-likeness (QED) is 0.111. The van der Waals surface area contributed by atoms with Gasteiger partial charge in [0.25, 0.3) is 0 Å². The summed E-state index contributed by atoms with van der Waals surface area (Å²) in [6, 6.07) is 0. The highest BCUT2D eigenvalue weighted by atomic mass is 16.2. The zero-order valence-corrected chi connectivity index (χ0v) is 22.1. The van der Waals surface area contributed by atoms with Crippen LogP contribution in [0, 0.1) is 0 Å². The number of aliphatic hydroxyl groups excluding tert-OH is 1. The van der Waals surface area contributed by atoms with Crippen molar-refractivity contribution in [2.75, 3.05) is 6.61 Å². The van der Waals surface area contributed by atoms with Crippen LogP contribution in [0.4, 0.5) is 0 Å². The summed E-state index contributed by atoms with van der Waals surface area (Å²) in [5.74, 6) is 0. The first kappa shape index (κ1) is 32.9. The molecule has 31 heavy (non-hydrogen) atoms. The van der Waals surface area contributed by atoms with Crippen LogP contribution >= 0.6 is 0 Å². The Morgan fingerprint density at radius 3 is 0.935 bits per heavy atom. The average molecular weight is 439 g/mol. The van der Waals surface area contributed by atoms with Crippen LogP contribution in [0.1, 0.15) is 174 Å².